The maximum Gasteiger partial charge on any atom is 0.244 e. The second-order valence-corrected chi connectivity index (χ2v) is 8.16. The zero-order valence-corrected chi connectivity index (χ0v) is 14.3. The predicted octanol–water partition coefficient (Wildman–Crippen LogP) is 4.15. The average Bonchev–Trinajstić information content (AvgIpc) is 3.23. The summed E-state index contributed by atoms with van der Waals surface area (Å²) in [6, 6.07) is 2.92. The molecule has 0 spiro atoms. The minimum Gasteiger partial charge on any atom is -0.207 e. The molecule has 0 radical (unpaired) electrons. The molecule has 112 valence electrons. The maximum absolute atomic E-state index is 12.7. The standard InChI is InChI=1S/C13H16Cl3NO2S/c1-8(9-3-4-9)17(2)20(18,19)12-6-11(15)5-10(7-14)13(12)16/h5-6,8-9H,3-4,7H2,1-2H3. The molecule has 1 fully saturated rings. The van der Waals surface area contributed by atoms with Crippen LogP contribution < -0.4 is 0 Å². The lowest BCUT2D eigenvalue weighted by Crippen LogP contribution is -2.36. The number of alkyl halides is 1. The lowest BCUT2D eigenvalue weighted by atomic mass is 10.2. The highest BCUT2D eigenvalue weighted by Crippen LogP contribution is 2.38. The molecule has 7 heteroatoms. The SMILES string of the molecule is CC(C1CC1)N(C)S(=O)(=O)c1cc(Cl)cc(CCl)c1Cl. The van der Waals surface area contributed by atoms with Gasteiger partial charge in [0.15, 0.2) is 0 Å². The van der Waals surface area contributed by atoms with Crippen LogP contribution in [0.15, 0.2) is 17.0 Å². The molecule has 0 aliphatic heterocycles. The first kappa shape index (κ1) is 16.4. The van der Waals surface area contributed by atoms with Crippen molar-refractivity contribution in [1.82, 2.24) is 4.31 Å². The average molecular weight is 357 g/mol. The van der Waals surface area contributed by atoms with Crippen molar-refractivity contribution in [3.8, 4) is 0 Å². The van der Waals surface area contributed by atoms with Gasteiger partial charge in [0.25, 0.3) is 0 Å². The molecule has 0 N–H and O–H groups in total. The molecule has 0 saturated heterocycles. The van der Waals surface area contributed by atoms with Crippen LogP contribution in [0.1, 0.15) is 25.3 Å². The third-order valence-corrected chi connectivity index (χ3v) is 6.79. The molecule has 0 aromatic heterocycles. The van der Waals surface area contributed by atoms with Crippen molar-refractivity contribution in [3.63, 3.8) is 0 Å². The number of hydrogen-bond acceptors (Lipinski definition) is 2. The van der Waals surface area contributed by atoms with E-state index >= 15 is 0 Å². The molecule has 2 rings (SSSR count). The molecular formula is C13H16Cl3NO2S. The van der Waals surface area contributed by atoms with Gasteiger partial charge in [-0.15, -0.1) is 11.6 Å². The minimum absolute atomic E-state index is 0.0253. The Morgan fingerprint density at radius 1 is 1.35 bits per heavy atom. The van der Waals surface area contributed by atoms with Crippen LogP contribution >= 0.6 is 34.8 Å². The van der Waals surface area contributed by atoms with Gasteiger partial charge in [0.05, 0.1) is 5.02 Å². The van der Waals surface area contributed by atoms with Gasteiger partial charge in [-0.3, -0.25) is 0 Å². The number of rotatable bonds is 5. The van der Waals surface area contributed by atoms with Crippen molar-refractivity contribution in [3.05, 3.63) is 27.7 Å². The van der Waals surface area contributed by atoms with Crippen molar-refractivity contribution in [1.29, 1.82) is 0 Å². The van der Waals surface area contributed by atoms with E-state index in [0.717, 1.165) is 12.8 Å². The highest BCUT2D eigenvalue weighted by atomic mass is 35.5. The molecule has 1 aromatic rings. The van der Waals surface area contributed by atoms with E-state index in [1.165, 1.54) is 10.4 Å². The summed E-state index contributed by atoms with van der Waals surface area (Å²) < 4.78 is 26.7. The molecule has 1 aliphatic carbocycles. The van der Waals surface area contributed by atoms with Crippen molar-refractivity contribution < 1.29 is 8.42 Å². The van der Waals surface area contributed by atoms with E-state index in [1.807, 2.05) is 6.92 Å². The summed E-state index contributed by atoms with van der Waals surface area (Å²) in [5.74, 6) is 0.546. The van der Waals surface area contributed by atoms with Crippen molar-refractivity contribution in [2.45, 2.75) is 36.6 Å². The quantitative estimate of drug-likeness (QED) is 0.743. The summed E-state index contributed by atoms with van der Waals surface area (Å²) in [6.45, 7) is 1.91. The molecule has 1 atom stereocenters. The van der Waals surface area contributed by atoms with Gasteiger partial charge in [-0.1, -0.05) is 23.2 Å². The Balaban J connectivity index is 2.45. The summed E-state index contributed by atoms with van der Waals surface area (Å²) in [4.78, 5) is 0.0253. The van der Waals surface area contributed by atoms with Crippen LogP contribution in [0.25, 0.3) is 0 Å². The molecule has 1 aromatic carbocycles. The third kappa shape index (κ3) is 3.09. The van der Waals surface area contributed by atoms with E-state index in [-0.39, 0.29) is 21.8 Å². The Labute approximate surface area is 134 Å². The summed E-state index contributed by atoms with van der Waals surface area (Å²) in [6.07, 6.45) is 2.13. The van der Waals surface area contributed by atoms with Crippen molar-refractivity contribution in [2.24, 2.45) is 5.92 Å². The fraction of sp³-hybridized carbons (Fsp3) is 0.538. The number of halogens is 3. The maximum atomic E-state index is 12.7. The molecule has 1 unspecified atom stereocenters. The summed E-state index contributed by atoms with van der Waals surface area (Å²) in [7, 11) is -2.09. The molecule has 20 heavy (non-hydrogen) atoms. The van der Waals surface area contributed by atoms with Crippen LogP contribution in [-0.2, 0) is 15.9 Å². The molecule has 0 heterocycles. The molecule has 1 aliphatic rings. The van der Waals surface area contributed by atoms with Gasteiger partial charge >= 0.3 is 0 Å². The second kappa shape index (κ2) is 6.01. The first-order valence-electron chi connectivity index (χ1n) is 6.31. The van der Waals surface area contributed by atoms with E-state index in [2.05, 4.69) is 0 Å². The van der Waals surface area contributed by atoms with Crippen LogP contribution in [0, 0.1) is 5.92 Å². The fourth-order valence-corrected chi connectivity index (χ4v) is 4.76. The number of hydrogen-bond donors (Lipinski definition) is 0. The predicted molar refractivity (Wildman–Crippen MR) is 83.2 cm³/mol. The Morgan fingerprint density at radius 2 is 1.95 bits per heavy atom. The van der Waals surface area contributed by atoms with Gasteiger partial charge in [0.2, 0.25) is 10.0 Å². The Morgan fingerprint density at radius 3 is 2.45 bits per heavy atom. The Bertz CT molecular complexity index is 614. The third-order valence-electron chi connectivity index (χ3n) is 3.76. The van der Waals surface area contributed by atoms with Crippen LogP contribution in [0.5, 0.6) is 0 Å². The number of sulfonamides is 1. The van der Waals surface area contributed by atoms with Gasteiger partial charge in [0.1, 0.15) is 4.90 Å². The van der Waals surface area contributed by atoms with E-state index < -0.39 is 10.0 Å². The topological polar surface area (TPSA) is 37.4 Å². The van der Waals surface area contributed by atoms with E-state index in [1.54, 1.807) is 13.1 Å². The normalized spacial score (nSPS) is 17.5. The number of benzene rings is 1. The van der Waals surface area contributed by atoms with Gasteiger partial charge in [-0.2, -0.15) is 4.31 Å². The monoisotopic (exact) mass is 355 g/mol. The molecular weight excluding hydrogens is 341 g/mol. The largest absolute Gasteiger partial charge is 0.244 e. The van der Waals surface area contributed by atoms with Gasteiger partial charge in [0, 0.05) is 24.0 Å². The van der Waals surface area contributed by atoms with Gasteiger partial charge in [-0.05, 0) is 43.4 Å². The van der Waals surface area contributed by atoms with Crippen molar-refractivity contribution in [2.75, 3.05) is 7.05 Å². The summed E-state index contributed by atoms with van der Waals surface area (Å²) >= 11 is 17.9. The van der Waals surface area contributed by atoms with Gasteiger partial charge in [-0.25, -0.2) is 8.42 Å². The lowest BCUT2D eigenvalue weighted by Gasteiger charge is -2.25. The van der Waals surface area contributed by atoms with Crippen LogP contribution in [-0.4, -0.2) is 25.8 Å². The van der Waals surface area contributed by atoms with Crippen LogP contribution in [0.2, 0.25) is 10.0 Å². The zero-order chi connectivity index (χ0) is 15.1. The van der Waals surface area contributed by atoms with Crippen LogP contribution in [0.4, 0.5) is 0 Å². The molecule has 1 saturated carbocycles. The van der Waals surface area contributed by atoms with Gasteiger partial charge < -0.3 is 0 Å². The summed E-state index contributed by atoms with van der Waals surface area (Å²) in [5.41, 5.74) is 0.520. The highest BCUT2D eigenvalue weighted by molar-refractivity contribution is 7.89. The Hall–Kier alpha value is -0.000000000000000111. The number of nitrogens with zero attached hydrogens (tertiary/aromatic N) is 1. The molecule has 0 amide bonds. The smallest absolute Gasteiger partial charge is 0.207 e. The Kier molecular flexibility index (Phi) is 4.92. The first-order valence-corrected chi connectivity index (χ1v) is 9.04. The first-order chi connectivity index (χ1) is 9.28. The molecule has 0 bridgehead atoms. The minimum atomic E-state index is -3.67. The van der Waals surface area contributed by atoms with E-state index in [9.17, 15) is 8.42 Å². The highest BCUT2D eigenvalue weighted by Gasteiger charge is 2.37. The molecule has 3 nitrogen and oxygen atoms in total. The van der Waals surface area contributed by atoms with Crippen molar-refractivity contribution >= 4 is 44.8 Å². The zero-order valence-electron chi connectivity index (χ0n) is 11.2. The fourth-order valence-electron chi connectivity index (χ4n) is 2.15. The van der Waals surface area contributed by atoms with E-state index in [0.29, 0.717) is 16.5 Å². The summed E-state index contributed by atoms with van der Waals surface area (Å²) in [5, 5.41) is 0.468. The lowest BCUT2D eigenvalue weighted by molar-refractivity contribution is 0.357. The second-order valence-electron chi connectivity index (χ2n) is 5.11. The van der Waals surface area contributed by atoms with Crippen LogP contribution in [0.3, 0.4) is 0 Å². The van der Waals surface area contributed by atoms with E-state index in [4.69, 9.17) is 34.8 Å².